The lowest BCUT2D eigenvalue weighted by Gasteiger charge is -2.26. The molecule has 0 radical (unpaired) electrons. The van der Waals surface area contributed by atoms with Crippen LogP contribution in [-0.2, 0) is 0 Å². The van der Waals surface area contributed by atoms with Crippen LogP contribution >= 0.6 is 23.2 Å². The number of aromatic nitrogens is 2. The quantitative estimate of drug-likeness (QED) is 0.621. The van der Waals surface area contributed by atoms with E-state index in [9.17, 15) is 14.9 Å². The van der Waals surface area contributed by atoms with Gasteiger partial charge < -0.3 is 11.1 Å². The van der Waals surface area contributed by atoms with Crippen molar-refractivity contribution < 1.29 is 0 Å². The SMILES string of the molecule is N#CC1=C(N)Nc2[nH]c(=O)[nH]c(=O)c2[C@H]1c1ccc(Cl)c(Cl)c1. The number of halogens is 2. The minimum atomic E-state index is -0.772. The molecule has 0 amide bonds. The third-order valence-electron chi connectivity index (χ3n) is 3.50. The second-order valence-corrected chi connectivity index (χ2v) is 5.68. The van der Waals surface area contributed by atoms with Crippen molar-refractivity contribution >= 4 is 29.0 Å². The molecule has 1 atom stereocenters. The number of rotatable bonds is 1. The van der Waals surface area contributed by atoms with Gasteiger partial charge in [-0.2, -0.15) is 5.26 Å². The van der Waals surface area contributed by atoms with Gasteiger partial charge in [-0.15, -0.1) is 0 Å². The molecule has 2 heterocycles. The topological polar surface area (TPSA) is 128 Å². The van der Waals surface area contributed by atoms with Crippen LogP contribution in [0.4, 0.5) is 5.82 Å². The molecule has 9 heteroatoms. The summed E-state index contributed by atoms with van der Waals surface area (Å²) in [6, 6.07) is 6.75. The Hall–Kier alpha value is -2.69. The van der Waals surface area contributed by atoms with Crippen LogP contribution in [0.3, 0.4) is 0 Å². The van der Waals surface area contributed by atoms with Gasteiger partial charge in [0.2, 0.25) is 0 Å². The van der Waals surface area contributed by atoms with Gasteiger partial charge in [0, 0.05) is 0 Å². The Balaban J connectivity index is 2.33. The van der Waals surface area contributed by atoms with E-state index >= 15 is 0 Å². The number of nitrogens with two attached hydrogens (primary N) is 1. The monoisotopic (exact) mass is 349 g/mol. The summed E-state index contributed by atoms with van der Waals surface area (Å²) >= 11 is 11.9. The summed E-state index contributed by atoms with van der Waals surface area (Å²) in [6.07, 6.45) is 0. The molecule has 0 unspecified atom stereocenters. The highest BCUT2D eigenvalue weighted by atomic mass is 35.5. The molecule has 7 nitrogen and oxygen atoms in total. The van der Waals surface area contributed by atoms with E-state index in [1.165, 1.54) is 0 Å². The van der Waals surface area contributed by atoms with E-state index in [4.69, 9.17) is 28.9 Å². The Kier molecular flexibility index (Phi) is 3.64. The van der Waals surface area contributed by atoms with E-state index < -0.39 is 17.2 Å². The number of H-pyrrole nitrogens is 2. The number of nitrogens with zero attached hydrogens (tertiary/aromatic N) is 1. The lowest BCUT2D eigenvalue weighted by molar-refractivity contribution is 0.865. The van der Waals surface area contributed by atoms with Gasteiger partial charge in [0.25, 0.3) is 5.56 Å². The Morgan fingerprint density at radius 3 is 2.57 bits per heavy atom. The largest absolute Gasteiger partial charge is 0.384 e. The van der Waals surface area contributed by atoms with Gasteiger partial charge in [-0.1, -0.05) is 29.3 Å². The number of anilines is 1. The summed E-state index contributed by atoms with van der Waals surface area (Å²) in [4.78, 5) is 28.3. The molecule has 0 saturated carbocycles. The average Bonchev–Trinajstić information content (AvgIpc) is 2.48. The van der Waals surface area contributed by atoms with E-state index in [2.05, 4.69) is 15.3 Å². The van der Waals surface area contributed by atoms with Crippen molar-refractivity contribution in [1.29, 1.82) is 5.26 Å². The molecule has 3 rings (SSSR count). The third kappa shape index (κ3) is 2.48. The fraction of sp³-hybridized carbons (Fsp3) is 0.0714. The molecule has 1 aromatic carbocycles. The van der Waals surface area contributed by atoms with Crippen LogP contribution in [0.15, 0.2) is 39.2 Å². The smallest absolute Gasteiger partial charge is 0.327 e. The zero-order valence-electron chi connectivity index (χ0n) is 11.4. The van der Waals surface area contributed by atoms with Crippen LogP contribution in [0.2, 0.25) is 10.0 Å². The number of nitrogens with one attached hydrogen (secondary N) is 3. The summed E-state index contributed by atoms with van der Waals surface area (Å²) in [5.74, 6) is -0.574. The second-order valence-electron chi connectivity index (χ2n) is 4.87. The Morgan fingerprint density at radius 2 is 1.91 bits per heavy atom. The lowest BCUT2D eigenvalue weighted by atomic mass is 9.84. The van der Waals surface area contributed by atoms with E-state index in [-0.39, 0.29) is 27.8 Å². The number of hydrogen-bond acceptors (Lipinski definition) is 5. The first-order valence-corrected chi connectivity index (χ1v) is 7.16. The van der Waals surface area contributed by atoms with Crippen molar-refractivity contribution in [3.8, 4) is 6.07 Å². The van der Waals surface area contributed by atoms with Crippen LogP contribution in [0.25, 0.3) is 0 Å². The Bertz CT molecular complexity index is 999. The Labute approximate surface area is 139 Å². The van der Waals surface area contributed by atoms with Gasteiger partial charge in [-0.05, 0) is 17.7 Å². The molecule has 0 aliphatic carbocycles. The number of fused-ring (bicyclic) bond motifs is 1. The van der Waals surface area contributed by atoms with Crippen molar-refractivity contribution in [2.24, 2.45) is 5.73 Å². The van der Waals surface area contributed by atoms with Crippen molar-refractivity contribution in [1.82, 2.24) is 9.97 Å². The first-order valence-electron chi connectivity index (χ1n) is 6.40. The summed E-state index contributed by atoms with van der Waals surface area (Å²) in [5, 5.41) is 12.7. The molecule has 0 spiro atoms. The molecule has 2 aromatic rings. The van der Waals surface area contributed by atoms with Crippen molar-refractivity contribution in [3.63, 3.8) is 0 Å². The maximum atomic E-state index is 12.2. The van der Waals surface area contributed by atoms with Crippen LogP contribution in [0, 0.1) is 11.3 Å². The summed E-state index contributed by atoms with van der Waals surface area (Å²) in [5.41, 5.74) is 5.43. The van der Waals surface area contributed by atoms with Gasteiger partial charge in [-0.25, -0.2) is 4.79 Å². The number of hydrogen-bond donors (Lipinski definition) is 4. The number of allylic oxidation sites excluding steroid dienone is 1. The minimum absolute atomic E-state index is 0.0531. The van der Waals surface area contributed by atoms with E-state index in [0.29, 0.717) is 10.6 Å². The first-order chi connectivity index (χ1) is 10.9. The molecule has 0 saturated heterocycles. The van der Waals surface area contributed by atoms with Crippen molar-refractivity contribution in [2.45, 2.75) is 5.92 Å². The van der Waals surface area contributed by atoms with Crippen LogP contribution in [-0.4, -0.2) is 9.97 Å². The standard InChI is InChI=1S/C14H9Cl2N5O2/c15-7-2-1-5(3-8(7)16)9-6(4-17)11(18)19-12-10(9)13(22)21-14(23)20-12/h1-3,9H,18H2,(H3,19,20,21,22,23)/t9-/m0/s1. The molecule has 1 aromatic heterocycles. The van der Waals surface area contributed by atoms with E-state index in [0.717, 1.165) is 0 Å². The molecule has 0 fully saturated rings. The fourth-order valence-electron chi connectivity index (χ4n) is 2.52. The maximum Gasteiger partial charge on any atom is 0.327 e. The van der Waals surface area contributed by atoms with E-state index in [1.807, 2.05) is 6.07 Å². The van der Waals surface area contributed by atoms with Gasteiger partial charge in [0.05, 0.1) is 33.2 Å². The zero-order chi connectivity index (χ0) is 16.7. The Morgan fingerprint density at radius 1 is 1.17 bits per heavy atom. The highest BCUT2D eigenvalue weighted by Gasteiger charge is 2.32. The molecule has 116 valence electrons. The second kappa shape index (κ2) is 5.50. The molecule has 5 N–H and O–H groups in total. The van der Waals surface area contributed by atoms with E-state index in [1.54, 1.807) is 18.2 Å². The predicted molar refractivity (Wildman–Crippen MR) is 86.4 cm³/mol. The molecular formula is C14H9Cl2N5O2. The van der Waals surface area contributed by atoms with Crippen molar-refractivity contribution in [2.75, 3.05) is 5.32 Å². The van der Waals surface area contributed by atoms with Gasteiger partial charge in [-0.3, -0.25) is 14.8 Å². The van der Waals surface area contributed by atoms with Gasteiger partial charge >= 0.3 is 5.69 Å². The first kappa shape index (κ1) is 15.2. The predicted octanol–water partition coefficient (Wildman–Crippen LogP) is 1.62. The van der Waals surface area contributed by atoms with Crippen LogP contribution in [0.1, 0.15) is 17.0 Å². The summed E-state index contributed by atoms with van der Waals surface area (Å²) in [6.45, 7) is 0. The molecule has 0 bridgehead atoms. The summed E-state index contributed by atoms with van der Waals surface area (Å²) in [7, 11) is 0. The highest BCUT2D eigenvalue weighted by molar-refractivity contribution is 6.42. The summed E-state index contributed by atoms with van der Waals surface area (Å²) < 4.78 is 0. The molecule has 1 aliphatic rings. The average molecular weight is 350 g/mol. The van der Waals surface area contributed by atoms with Gasteiger partial charge in [0.1, 0.15) is 11.6 Å². The van der Waals surface area contributed by atoms with Crippen LogP contribution < -0.4 is 22.3 Å². The normalized spacial score (nSPS) is 16.5. The molecule has 1 aliphatic heterocycles. The van der Waals surface area contributed by atoms with Gasteiger partial charge in [0.15, 0.2) is 0 Å². The number of benzene rings is 1. The number of nitriles is 1. The number of aromatic amines is 2. The maximum absolute atomic E-state index is 12.2. The molecule has 23 heavy (non-hydrogen) atoms. The minimum Gasteiger partial charge on any atom is -0.384 e. The fourth-order valence-corrected chi connectivity index (χ4v) is 2.83. The third-order valence-corrected chi connectivity index (χ3v) is 4.24. The molecular weight excluding hydrogens is 341 g/mol. The highest BCUT2D eigenvalue weighted by Crippen LogP contribution is 2.38. The van der Waals surface area contributed by atoms with Crippen molar-refractivity contribution in [3.05, 3.63) is 71.6 Å². The van der Waals surface area contributed by atoms with Crippen LogP contribution in [0.5, 0.6) is 0 Å². The lowest BCUT2D eigenvalue weighted by Crippen LogP contribution is -2.34. The zero-order valence-corrected chi connectivity index (χ0v) is 12.9.